The third kappa shape index (κ3) is 4.10. The van der Waals surface area contributed by atoms with Crippen molar-refractivity contribution in [2.24, 2.45) is 0 Å². The Morgan fingerprint density at radius 3 is 2.82 bits per heavy atom. The molecule has 2 aromatic rings. The van der Waals surface area contributed by atoms with Crippen LogP contribution in [0.5, 0.6) is 0 Å². The topological polar surface area (TPSA) is 82.2 Å². The lowest BCUT2D eigenvalue weighted by atomic mass is 10.1. The lowest BCUT2D eigenvalue weighted by molar-refractivity contribution is -0.142. The van der Waals surface area contributed by atoms with Crippen LogP contribution in [0.15, 0.2) is 30.5 Å². The number of aliphatic carboxylic acids is 1. The number of benzene rings is 1. The van der Waals surface area contributed by atoms with E-state index in [1.807, 2.05) is 37.4 Å². The van der Waals surface area contributed by atoms with Gasteiger partial charge in [-0.2, -0.15) is 0 Å². The summed E-state index contributed by atoms with van der Waals surface area (Å²) in [6.45, 7) is 2.00. The summed E-state index contributed by atoms with van der Waals surface area (Å²) in [7, 11) is 0. The Labute approximate surface area is 129 Å². The highest BCUT2D eigenvalue weighted by Gasteiger charge is 2.19. The fourth-order valence-electron chi connectivity index (χ4n) is 2.52. The normalized spacial score (nSPS) is 12.2. The van der Waals surface area contributed by atoms with Crippen molar-refractivity contribution < 1.29 is 14.7 Å². The number of aromatic amines is 1. The lowest BCUT2D eigenvalue weighted by Crippen LogP contribution is -2.40. The van der Waals surface area contributed by atoms with Crippen molar-refractivity contribution in [2.45, 2.75) is 45.1 Å². The average Bonchev–Trinajstić information content (AvgIpc) is 2.92. The molecule has 0 saturated carbocycles. The van der Waals surface area contributed by atoms with E-state index in [9.17, 15) is 9.59 Å². The van der Waals surface area contributed by atoms with E-state index in [0.717, 1.165) is 29.3 Å². The number of amides is 1. The summed E-state index contributed by atoms with van der Waals surface area (Å²) < 4.78 is 0. The standard InChI is InChI=1S/C17H22N2O3/c1-2-3-7-15(17(21)22)19-16(20)10-9-12-11-18-14-8-5-4-6-13(12)14/h4-6,8,11,15,18H,2-3,7,9-10H2,1H3,(H,19,20)(H,21,22). The maximum Gasteiger partial charge on any atom is 0.326 e. The van der Waals surface area contributed by atoms with Gasteiger partial charge in [0, 0.05) is 23.5 Å². The number of hydrogen-bond donors (Lipinski definition) is 3. The summed E-state index contributed by atoms with van der Waals surface area (Å²) >= 11 is 0. The van der Waals surface area contributed by atoms with Crippen molar-refractivity contribution >= 4 is 22.8 Å². The number of unbranched alkanes of at least 4 members (excludes halogenated alkanes) is 1. The second-order valence-electron chi connectivity index (χ2n) is 5.46. The van der Waals surface area contributed by atoms with Gasteiger partial charge in [0.25, 0.3) is 0 Å². The first-order chi connectivity index (χ1) is 10.6. The maximum atomic E-state index is 12.0. The quantitative estimate of drug-likeness (QED) is 0.701. The Kier molecular flexibility index (Phi) is 5.58. The molecule has 0 aliphatic rings. The molecule has 0 saturated heterocycles. The number of carbonyl (C=O) groups is 2. The molecule has 22 heavy (non-hydrogen) atoms. The molecule has 1 amide bonds. The zero-order chi connectivity index (χ0) is 15.9. The third-order valence-corrected chi connectivity index (χ3v) is 3.78. The molecule has 0 spiro atoms. The molecule has 0 aliphatic heterocycles. The number of fused-ring (bicyclic) bond motifs is 1. The molecule has 3 N–H and O–H groups in total. The number of aryl methyl sites for hydroxylation is 1. The molecule has 0 fully saturated rings. The molecule has 1 heterocycles. The van der Waals surface area contributed by atoms with Crippen LogP contribution in [0.1, 0.15) is 38.2 Å². The summed E-state index contributed by atoms with van der Waals surface area (Å²) in [5.41, 5.74) is 2.12. The first-order valence-electron chi connectivity index (χ1n) is 7.69. The number of rotatable bonds is 8. The second-order valence-corrected chi connectivity index (χ2v) is 5.46. The Hall–Kier alpha value is -2.30. The van der Waals surface area contributed by atoms with Gasteiger partial charge in [-0.15, -0.1) is 0 Å². The number of aromatic nitrogens is 1. The third-order valence-electron chi connectivity index (χ3n) is 3.78. The minimum absolute atomic E-state index is 0.214. The van der Waals surface area contributed by atoms with Gasteiger partial charge in [0.15, 0.2) is 0 Å². The number of hydrogen-bond acceptors (Lipinski definition) is 2. The van der Waals surface area contributed by atoms with E-state index >= 15 is 0 Å². The van der Waals surface area contributed by atoms with Crippen molar-refractivity contribution in [1.82, 2.24) is 10.3 Å². The van der Waals surface area contributed by atoms with Crippen LogP contribution in [0.4, 0.5) is 0 Å². The van der Waals surface area contributed by atoms with E-state index < -0.39 is 12.0 Å². The van der Waals surface area contributed by atoms with Gasteiger partial charge in [-0.05, 0) is 24.5 Å². The Morgan fingerprint density at radius 2 is 2.09 bits per heavy atom. The minimum atomic E-state index is -0.964. The summed E-state index contributed by atoms with van der Waals surface area (Å²) in [6, 6.07) is 7.14. The van der Waals surface area contributed by atoms with Gasteiger partial charge >= 0.3 is 5.97 Å². The highest BCUT2D eigenvalue weighted by Crippen LogP contribution is 2.18. The van der Waals surface area contributed by atoms with Crippen molar-refractivity contribution in [1.29, 1.82) is 0 Å². The van der Waals surface area contributed by atoms with Gasteiger partial charge < -0.3 is 15.4 Å². The molecule has 1 aromatic heterocycles. The van der Waals surface area contributed by atoms with Crippen LogP contribution in [0.2, 0.25) is 0 Å². The minimum Gasteiger partial charge on any atom is -0.480 e. The summed E-state index contributed by atoms with van der Waals surface area (Å²) in [5, 5.41) is 12.8. The summed E-state index contributed by atoms with van der Waals surface area (Å²) in [5.74, 6) is -1.18. The van der Waals surface area contributed by atoms with Gasteiger partial charge in [-0.3, -0.25) is 4.79 Å². The first kappa shape index (κ1) is 16.1. The number of H-pyrrole nitrogens is 1. The Bertz CT molecular complexity index is 648. The molecule has 118 valence electrons. The molecular formula is C17H22N2O3. The predicted molar refractivity (Wildman–Crippen MR) is 85.7 cm³/mol. The molecule has 0 radical (unpaired) electrons. The second kappa shape index (κ2) is 7.64. The zero-order valence-electron chi connectivity index (χ0n) is 12.8. The maximum absolute atomic E-state index is 12.0. The SMILES string of the molecule is CCCCC(NC(=O)CCc1c[nH]c2ccccc12)C(=O)O. The summed E-state index contributed by atoms with van der Waals surface area (Å²) in [4.78, 5) is 26.3. The number of carboxylic acids is 1. The van der Waals surface area contributed by atoms with Crippen LogP contribution in [0.3, 0.4) is 0 Å². The average molecular weight is 302 g/mol. The number of nitrogens with one attached hydrogen (secondary N) is 2. The van der Waals surface area contributed by atoms with Crippen LogP contribution >= 0.6 is 0 Å². The Morgan fingerprint density at radius 1 is 1.32 bits per heavy atom. The number of para-hydroxylation sites is 1. The molecule has 1 unspecified atom stereocenters. The van der Waals surface area contributed by atoms with Crippen molar-refractivity contribution in [2.75, 3.05) is 0 Å². The van der Waals surface area contributed by atoms with E-state index in [0.29, 0.717) is 12.8 Å². The van der Waals surface area contributed by atoms with Crippen LogP contribution < -0.4 is 5.32 Å². The van der Waals surface area contributed by atoms with Crippen molar-refractivity contribution in [3.63, 3.8) is 0 Å². The molecule has 5 heteroatoms. The fraction of sp³-hybridized carbons (Fsp3) is 0.412. The smallest absolute Gasteiger partial charge is 0.326 e. The van der Waals surface area contributed by atoms with E-state index in [2.05, 4.69) is 10.3 Å². The largest absolute Gasteiger partial charge is 0.480 e. The zero-order valence-corrected chi connectivity index (χ0v) is 12.8. The van der Waals surface area contributed by atoms with Crippen molar-refractivity contribution in [3.8, 4) is 0 Å². The van der Waals surface area contributed by atoms with Crippen molar-refractivity contribution in [3.05, 3.63) is 36.0 Å². The fourth-order valence-corrected chi connectivity index (χ4v) is 2.52. The molecular weight excluding hydrogens is 280 g/mol. The van der Waals surface area contributed by atoms with Gasteiger partial charge in [-0.1, -0.05) is 38.0 Å². The van der Waals surface area contributed by atoms with Gasteiger partial charge in [0.2, 0.25) is 5.91 Å². The van der Waals surface area contributed by atoms with Gasteiger partial charge in [0.05, 0.1) is 0 Å². The van der Waals surface area contributed by atoms with Crippen LogP contribution in [-0.4, -0.2) is 28.0 Å². The molecule has 1 aromatic carbocycles. The molecule has 1 atom stereocenters. The van der Waals surface area contributed by atoms with Gasteiger partial charge in [-0.25, -0.2) is 4.79 Å². The van der Waals surface area contributed by atoms with Crippen LogP contribution in [-0.2, 0) is 16.0 Å². The molecule has 0 bridgehead atoms. The van der Waals surface area contributed by atoms with Crippen LogP contribution in [0.25, 0.3) is 10.9 Å². The first-order valence-corrected chi connectivity index (χ1v) is 7.69. The van der Waals surface area contributed by atoms with E-state index in [1.165, 1.54) is 0 Å². The molecule has 2 rings (SSSR count). The van der Waals surface area contributed by atoms with E-state index in [1.54, 1.807) is 0 Å². The lowest BCUT2D eigenvalue weighted by Gasteiger charge is -2.13. The monoisotopic (exact) mass is 302 g/mol. The molecule has 0 aliphatic carbocycles. The summed E-state index contributed by atoms with van der Waals surface area (Å²) in [6.07, 6.45) is 4.97. The highest BCUT2D eigenvalue weighted by atomic mass is 16.4. The van der Waals surface area contributed by atoms with Crippen LogP contribution in [0, 0.1) is 0 Å². The Balaban J connectivity index is 1.90. The molecule has 5 nitrogen and oxygen atoms in total. The number of carbonyl (C=O) groups excluding carboxylic acids is 1. The van der Waals surface area contributed by atoms with E-state index in [4.69, 9.17) is 5.11 Å². The van der Waals surface area contributed by atoms with E-state index in [-0.39, 0.29) is 12.3 Å². The predicted octanol–water partition coefficient (Wildman–Crippen LogP) is 2.86. The van der Waals surface area contributed by atoms with Gasteiger partial charge in [0.1, 0.15) is 6.04 Å². The highest BCUT2D eigenvalue weighted by molar-refractivity contribution is 5.85. The number of carboxylic acid groups (broad SMARTS) is 1.